The summed E-state index contributed by atoms with van der Waals surface area (Å²) in [6, 6.07) is -0.150. The summed E-state index contributed by atoms with van der Waals surface area (Å²) >= 11 is 0. The number of carboxylic acid groups (broad SMARTS) is 1. The van der Waals surface area contributed by atoms with Crippen molar-refractivity contribution in [3.63, 3.8) is 0 Å². The maximum absolute atomic E-state index is 11.9. The van der Waals surface area contributed by atoms with Crippen molar-refractivity contribution in [1.82, 2.24) is 4.90 Å². The Morgan fingerprint density at radius 1 is 1.47 bits per heavy atom. The normalized spacial score (nSPS) is 14.3. The van der Waals surface area contributed by atoms with Crippen LogP contribution in [0.1, 0.15) is 26.7 Å². The summed E-state index contributed by atoms with van der Waals surface area (Å²) in [6.07, 6.45) is -4.57. The van der Waals surface area contributed by atoms with Crippen molar-refractivity contribution in [3.8, 4) is 0 Å². The monoisotopic (exact) mass is 227 g/mol. The molecule has 0 saturated heterocycles. The number of nitrogens with zero attached hydrogens (tertiary/aromatic N) is 1. The molecule has 0 amide bonds. The Kier molecular flexibility index (Phi) is 5.64. The average molecular weight is 227 g/mol. The number of carbonyl (C=O) groups is 1. The Labute approximate surface area is 86.9 Å². The zero-order valence-corrected chi connectivity index (χ0v) is 8.84. The highest BCUT2D eigenvalue weighted by Gasteiger charge is 2.29. The topological polar surface area (TPSA) is 40.5 Å². The molecule has 0 fully saturated rings. The molecular weight excluding hydrogens is 211 g/mol. The minimum absolute atomic E-state index is 0.150. The van der Waals surface area contributed by atoms with E-state index in [1.165, 1.54) is 4.90 Å². The number of aliphatic carboxylic acids is 1. The van der Waals surface area contributed by atoms with Crippen LogP contribution in [-0.2, 0) is 4.79 Å². The molecule has 0 aliphatic heterocycles. The molecule has 3 nitrogen and oxygen atoms in total. The zero-order chi connectivity index (χ0) is 12.1. The van der Waals surface area contributed by atoms with Crippen LogP contribution in [0.5, 0.6) is 0 Å². The van der Waals surface area contributed by atoms with Gasteiger partial charge in [0.05, 0.1) is 13.0 Å². The van der Waals surface area contributed by atoms with Gasteiger partial charge in [0.15, 0.2) is 0 Å². The Morgan fingerprint density at radius 2 is 2.00 bits per heavy atom. The number of carboxylic acids is 1. The quantitative estimate of drug-likeness (QED) is 0.755. The molecule has 0 rings (SSSR count). The second-order valence-corrected chi connectivity index (χ2v) is 3.49. The van der Waals surface area contributed by atoms with E-state index in [1.54, 1.807) is 6.92 Å². The Balaban J connectivity index is 4.19. The molecule has 15 heavy (non-hydrogen) atoms. The fourth-order valence-electron chi connectivity index (χ4n) is 1.16. The zero-order valence-electron chi connectivity index (χ0n) is 8.84. The van der Waals surface area contributed by atoms with E-state index in [9.17, 15) is 18.0 Å². The number of hydrogen-bond donors (Lipinski definition) is 1. The van der Waals surface area contributed by atoms with Crippen LogP contribution >= 0.6 is 0 Å². The Hall–Kier alpha value is -0.780. The van der Waals surface area contributed by atoms with Gasteiger partial charge >= 0.3 is 12.1 Å². The van der Waals surface area contributed by atoms with E-state index < -0.39 is 18.6 Å². The van der Waals surface area contributed by atoms with Gasteiger partial charge in [0.25, 0.3) is 0 Å². The molecule has 0 aromatic heterocycles. The predicted octanol–water partition coefficient (Wildman–Crippen LogP) is 2.12. The lowest BCUT2D eigenvalue weighted by Crippen LogP contribution is -2.39. The van der Waals surface area contributed by atoms with Crippen LogP contribution < -0.4 is 0 Å². The molecule has 0 spiro atoms. The third-order valence-electron chi connectivity index (χ3n) is 2.24. The van der Waals surface area contributed by atoms with E-state index in [-0.39, 0.29) is 19.1 Å². The molecule has 0 aliphatic rings. The Morgan fingerprint density at radius 3 is 2.33 bits per heavy atom. The summed E-state index contributed by atoms with van der Waals surface area (Å²) in [5.41, 5.74) is 0. The lowest BCUT2D eigenvalue weighted by molar-refractivity contribution is -0.146. The fourth-order valence-corrected chi connectivity index (χ4v) is 1.16. The summed E-state index contributed by atoms with van der Waals surface area (Å²) in [6.45, 7) is 2.93. The first kappa shape index (κ1) is 14.2. The molecule has 90 valence electrons. The summed E-state index contributed by atoms with van der Waals surface area (Å²) < 4.78 is 35.8. The minimum atomic E-state index is -4.23. The second kappa shape index (κ2) is 5.95. The fraction of sp³-hybridized carbons (Fsp3) is 0.889. The number of alkyl halides is 3. The van der Waals surface area contributed by atoms with Crippen molar-refractivity contribution in [2.75, 3.05) is 13.1 Å². The van der Waals surface area contributed by atoms with Crippen molar-refractivity contribution in [2.24, 2.45) is 0 Å². The van der Waals surface area contributed by atoms with Crippen LogP contribution in [0.25, 0.3) is 0 Å². The molecule has 1 N–H and O–H groups in total. The average Bonchev–Trinajstić information content (AvgIpc) is 2.09. The molecule has 6 heteroatoms. The summed E-state index contributed by atoms with van der Waals surface area (Å²) in [4.78, 5) is 11.8. The van der Waals surface area contributed by atoms with Crippen molar-refractivity contribution < 1.29 is 23.1 Å². The van der Waals surface area contributed by atoms with E-state index in [0.29, 0.717) is 6.42 Å². The van der Waals surface area contributed by atoms with E-state index in [0.717, 1.165) is 0 Å². The number of rotatable bonds is 6. The maximum atomic E-state index is 11.9. The van der Waals surface area contributed by atoms with Gasteiger partial charge in [0.1, 0.15) is 0 Å². The van der Waals surface area contributed by atoms with Crippen molar-refractivity contribution in [3.05, 3.63) is 0 Å². The summed E-state index contributed by atoms with van der Waals surface area (Å²) in [5, 5.41) is 8.53. The van der Waals surface area contributed by atoms with Crippen molar-refractivity contribution in [1.29, 1.82) is 0 Å². The number of hydrogen-bond acceptors (Lipinski definition) is 2. The SMILES string of the molecule is CCC(C)N(CCC(F)(F)F)CC(=O)O. The largest absolute Gasteiger partial charge is 0.480 e. The molecule has 0 heterocycles. The smallest absolute Gasteiger partial charge is 0.390 e. The van der Waals surface area contributed by atoms with Gasteiger partial charge in [-0.2, -0.15) is 13.2 Å². The predicted molar refractivity (Wildman–Crippen MR) is 49.6 cm³/mol. The summed E-state index contributed by atoms with van der Waals surface area (Å²) in [5.74, 6) is -1.10. The van der Waals surface area contributed by atoms with E-state index in [4.69, 9.17) is 5.11 Å². The van der Waals surface area contributed by atoms with Gasteiger partial charge in [0, 0.05) is 12.6 Å². The highest BCUT2D eigenvalue weighted by Crippen LogP contribution is 2.20. The van der Waals surface area contributed by atoms with E-state index in [2.05, 4.69) is 0 Å². The lowest BCUT2D eigenvalue weighted by atomic mass is 10.2. The first-order valence-electron chi connectivity index (χ1n) is 4.79. The highest BCUT2D eigenvalue weighted by molar-refractivity contribution is 5.69. The van der Waals surface area contributed by atoms with Gasteiger partial charge in [-0.3, -0.25) is 9.69 Å². The van der Waals surface area contributed by atoms with Gasteiger partial charge in [-0.25, -0.2) is 0 Å². The summed E-state index contributed by atoms with van der Waals surface area (Å²) in [7, 11) is 0. The van der Waals surface area contributed by atoms with Crippen molar-refractivity contribution >= 4 is 5.97 Å². The van der Waals surface area contributed by atoms with Crippen LogP contribution in [0.2, 0.25) is 0 Å². The number of halogens is 3. The third kappa shape index (κ3) is 7.18. The van der Waals surface area contributed by atoms with Crippen LogP contribution in [-0.4, -0.2) is 41.3 Å². The molecule has 1 atom stereocenters. The van der Waals surface area contributed by atoms with Crippen LogP contribution in [0.4, 0.5) is 13.2 Å². The second-order valence-electron chi connectivity index (χ2n) is 3.49. The minimum Gasteiger partial charge on any atom is -0.480 e. The third-order valence-corrected chi connectivity index (χ3v) is 2.24. The lowest BCUT2D eigenvalue weighted by Gasteiger charge is -2.26. The molecule has 0 aliphatic carbocycles. The Bertz CT molecular complexity index is 206. The molecule has 1 unspecified atom stereocenters. The van der Waals surface area contributed by atoms with E-state index >= 15 is 0 Å². The molecule has 0 bridgehead atoms. The standard InChI is InChI=1S/C9H16F3NO2/c1-3-7(2)13(6-8(14)15)5-4-9(10,11)12/h7H,3-6H2,1-2H3,(H,14,15). The highest BCUT2D eigenvalue weighted by atomic mass is 19.4. The van der Waals surface area contributed by atoms with Gasteiger partial charge in [0.2, 0.25) is 0 Å². The van der Waals surface area contributed by atoms with Gasteiger partial charge < -0.3 is 5.11 Å². The van der Waals surface area contributed by atoms with Gasteiger partial charge in [-0.1, -0.05) is 6.92 Å². The first-order valence-corrected chi connectivity index (χ1v) is 4.79. The van der Waals surface area contributed by atoms with Crippen LogP contribution in [0.3, 0.4) is 0 Å². The van der Waals surface area contributed by atoms with E-state index in [1.807, 2.05) is 6.92 Å². The molecular formula is C9H16F3NO2. The van der Waals surface area contributed by atoms with Gasteiger partial charge in [-0.05, 0) is 13.3 Å². The van der Waals surface area contributed by atoms with Crippen LogP contribution in [0, 0.1) is 0 Å². The molecule has 0 radical (unpaired) electrons. The molecule has 0 aromatic rings. The van der Waals surface area contributed by atoms with Crippen molar-refractivity contribution in [2.45, 2.75) is 38.9 Å². The van der Waals surface area contributed by atoms with Gasteiger partial charge in [-0.15, -0.1) is 0 Å². The van der Waals surface area contributed by atoms with Crippen LogP contribution in [0.15, 0.2) is 0 Å². The maximum Gasteiger partial charge on any atom is 0.390 e. The first-order chi connectivity index (χ1) is 6.76. The molecule has 0 saturated carbocycles. The molecule has 0 aromatic carbocycles.